The molecule has 2 rings (SSSR count). The summed E-state index contributed by atoms with van der Waals surface area (Å²) in [6.07, 6.45) is 0.591. The highest BCUT2D eigenvalue weighted by molar-refractivity contribution is 5.90. The molecule has 16 heavy (non-hydrogen) atoms. The number of halogens is 1. The summed E-state index contributed by atoms with van der Waals surface area (Å²) in [6.45, 7) is 0. The number of aldehydes is 1. The molecule has 0 spiro atoms. The third-order valence-corrected chi connectivity index (χ3v) is 2.36. The molecule has 0 aliphatic heterocycles. The second-order valence-corrected chi connectivity index (χ2v) is 3.36. The van der Waals surface area contributed by atoms with Gasteiger partial charge in [0.2, 0.25) is 0 Å². The van der Waals surface area contributed by atoms with Crippen molar-refractivity contribution in [1.82, 2.24) is 0 Å². The van der Waals surface area contributed by atoms with Crippen molar-refractivity contribution in [3.63, 3.8) is 0 Å². The summed E-state index contributed by atoms with van der Waals surface area (Å²) >= 11 is 0. The Hall–Kier alpha value is -2.16. The first-order valence-electron chi connectivity index (χ1n) is 4.75. The monoisotopic (exact) mass is 216 g/mol. The number of carbonyl (C=O) groups excluding carboxylic acids is 1. The Balaban J connectivity index is 2.59. The van der Waals surface area contributed by atoms with Gasteiger partial charge >= 0.3 is 0 Å². The Bertz CT molecular complexity index is 518. The number of rotatable bonds is 2. The van der Waals surface area contributed by atoms with E-state index in [1.54, 1.807) is 24.3 Å². The molecule has 2 nitrogen and oxygen atoms in total. The maximum absolute atomic E-state index is 12.7. The van der Waals surface area contributed by atoms with Crippen LogP contribution in [0.2, 0.25) is 0 Å². The van der Waals surface area contributed by atoms with Gasteiger partial charge < -0.3 is 5.11 Å². The van der Waals surface area contributed by atoms with Crippen molar-refractivity contribution in [1.29, 1.82) is 0 Å². The maximum Gasteiger partial charge on any atom is 0.154 e. The number of carbonyl (C=O) groups is 1. The predicted molar refractivity (Wildman–Crippen MR) is 58.9 cm³/mol. The summed E-state index contributed by atoms with van der Waals surface area (Å²) < 4.78 is 12.7. The Labute approximate surface area is 92.0 Å². The minimum Gasteiger partial charge on any atom is -0.507 e. The molecular formula is C13H9FO2. The fourth-order valence-corrected chi connectivity index (χ4v) is 1.56. The van der Waals surface area contributed by atoms with Crippen LogP contribution >= 0.6 is 0 Å². The minimum atomic E-state index is -0.337. The van der Waals surface area contributed by atoms with Crippen LogP contribution in [0.1, 0.15) is 10.4 Å². The summed E-state index contributed by atoms with van der Waals surface area (Å²) in [7, 11) is 0. The predicted octanol–water partition coefficient (Wildman–Crippen LogP) is 3.01. The lowest BCUT2D eigenvalue weighted by atomic mass is 10.00. The van der Waals surface area contributed by atoms with Crippen LogP contribution in [0.15, 0.2) is 42.5 Å². The van der Waals surface area contributed by atoms with E-state index in [1.807, 2.05) is 0 Å². The molecule has 0 heterocycles. The van der Waals surface area contributed by atoms with E-state index in [0.717, 1.165) is 0 Å². The molecule has 0 atom stereocenters. The molecule has 0 saturated carbocycles. The summed E-state index contributed by atoms with van der Waals surface area (Å²) in [4.78, 5) is 10.9. The van der Waals surface area contributed by atoms with Crippen LogP contribution in [0.4, 0.5) is 4.39 Å². The number of phenolic OH excluding ortho intramolecular Hbond substituents is 1. The second-order valence-electron chi connectivity index (χ2n) is 3.36. The van der Waals surface area contributed by atoms with E-state index in [4.69, 9.17) is 0 Å². The molecule has 0 radical (unpaired) electrons. The van der Waals surface area contributed by atoms with Crippen LogP contribution in [-0.4, -0.2) is 11.4 Å². The van der Waals surface area contributed by atoms with Crippen LogP contribution < -0.4 is 0 Å². The molecule has 0 aromatic heterocycles. The van der Waals surface area contributed by atoms with Gasteiger partial charge in [0.25, 0.3) is 0 Å². The molecule has 2 aromatic rings. The first kappa shape index (κ1) is 10.4. The maximum atomic E-state index is 12.7. The normalized spacial score (nSPS) is 10.1. The van der Waals surface area contributed by atoms with Crippen molar-refractivity contribution < 1.29 is 14.3 Å². The Morgan fingerprint density at radius 2 is 1.75 bits per heavy atom. The van der Waals surface area contributed by atoms with E-state index in [0.29, 0.717) is 17.4 Å². The van der Waals surface area contributed by atoms with Crippen LogP contribution in [0, 0.1) is 5.82 Å². The van der Waals surface area contributed by atoms with Gasteiger partial charge in [0, 0.05) is 0 Å². The van der Waals surface area contributed by atoms with Crippen molar-refractivity contribution in [2.45, 2.75) is 0 Å². The Morgan fingerprint density at radius 3 is 2.38 bits per heavy atom. The van der Waals surface area contributed by atoms with Gasteiger partial charge in [-0.2, -0.15) is 0 Å². The minimum absolute atomic E-state index is 0.0724. The summed E-state index contributed by atoms with van der Waals surface area (Å²) in [5, 5.41) is 9.50. The zero-order chi connectivity index (χ0) is 11.5. The van der Waals surface area contributed by atoms with Gasteiger partial charge in [-0.3, -0.25) is 4.79 Å². The SMILES string of the molecule is O=Cc1c(O)cccc1-c1ccc(F)cc1. The molecule has 0 bridgehead atoms. The molecule has 1 N–H and O–H groups in total. The van der Waals surface area contributed by atoms with Crippen LogP contribution in [-0.2, 0) is 0 Å². The van der Waals surface area contributed by atoms with E-state index in [1.165, 1.54) is 18.2 Å². The summed E-state index contributed by atoms with van der Waals surface area (Å²) in [6, 6.07) is 10.5. The molecular weight excluding hydrogens is 207 g/mol. The van der Waals surface area contributed by atoms with Crippen molar-refractivity contribution in [2.24, 2.45) is 0 Å². The summed E-state index contributed by atoms with van der Waals surface area (Å²) in [5.74, 6) is -0.409. The first-order chi connectivity index (χ1) is 7.72. The lowest BCUT2D eigenvalue weighted by Gasteiger charge is -2.06. The highest BCUT2D eigenvalue weighted by Crippen LogP contribution is 2.28. The summed E-state index contributed by atoms with van der Waals surface area (Å²) in [5.41, 5.74) is 1.50. The van der Waals surface area contributed by atoms with E-state index in [-0.39, 0.29) is 17.1 Å². The highest BCUT2D eigenvalue weighted by atomic mass is 19.1. The van der Waals surface area contributed by atoms with Gasteiger partial charge in [-0.25, -0.2) is 4.39 Å². The van der Waals surface area contributed by atoms with E-state index >= 15 is 0 Å². The third-order valence-electron chi connectivity index (χ3n) is 2.36. The largest absolute Gasteiger partial charge is 0.507 e. The lowest BCUT2D eigenvalue weighted by molar-refractivity contribution is 0.112. The van der Waals surface area contributed by atoms with Crippen molar-refractivity contribution in [2.75, 3.05) is 0 Å². The van der Waals surface area contributed by atoms with Crippen molar-refractivity contribution in [3.05, 3.63) is 53.8 Å². The molecule has 80 valence electrons. The van der Waals surface area contributed by atoms with Gasteiger partial charge in [0.05, 0.1) is 5.56 Å². The van der Waals surface area contributed by atoms with Gasteiger partial charge in [0.15, 0.2) is 6.29 Å². The fourth-order valence-electron chi connectivity index (χ4n) is 1.56. The van der Waals surface area contributed by atoms with Crippen LogP contribution in [0.5, 0.6) is 5.75 Å². The molecule has 0 fully saturated rings. The average Bonchev–Trinajstić information content (AvgIpc) is 2.30. The molecule has 0 aliphatic rings. The third kappa shape index (κ3) is 1.80. The smallest absolute Gasteiger partial charge is 0.154 e. The molecule has 3 heteroatoms. The molecule has 0 amide bonds. The molecule has 2 aromatic carbocycles. The van der Waals surface area contributed by atoms with E-state index in [2.05, 4.69) is 0 Å². The van der Waals surface area contributed by atoms with Gasteiger partial charge in [-0.15, -0.1) is 0 Å². The highest BCUT2D eigenvalue weighted by Gasteiger charge is 2.08. The molecule has 0 aliphatic carbocycles. The van der Waals surface area contributed by atoms with Crippen molar-refractivity contribution >= 4 is 6.29 Å². The fraction of sp³-hybridized carbons (Fsp3) is 0. The topological polar surface area (TPSA) is 37.3 Å². The number of benzene rings is 2. The number of phenols is 1. The molecule has 0 saturated heterocycles. The number of hydrogen-bond donors (Lipinski definition) is 1. The number of aromatic hydroxyl groups is 1. The quantitative estimate of drug-likeness (QED) is 0.783. The van der Waals surface area contributed by atoms with Gasteiger partial charge in [-0.1, -0.05) is 24.3 Å². The van der Waals surface area contributed by atoms with Crippen molar-refractivity contribution in [3.8, 4) is 16.9 Å². The lowest BCUT2D eigenvalue weighted by Crippen LogP contribution is -1.88. The Kier molecular flexibility index (Phi) is 2.68. The first-order valence-corrected chi connectivity index (χ1v) is 4.75. The van der Waals surface area contributed by atoms with Gasteiger partial charge in [0.1, 0.15) is 11.6 Å². The van der Waals surface area contributed by atoms with E-state index in [9.17, 15) is 14.3 Å². The van der Waals surface area contributed by atoms with Gasteiger partial charge in [-0.05, 0) is 29.3 Å². The zero-order valence-electron chi connectivity index (χ0n) is 8.35. The average molecular weight is 216 g/mol. The standard InChI is InChI=1S/C13H9FO2/c14-10-6-4-9(5-7-10)11-2-1-3-13(16)12(11)8-15/h1-8,16H. The van der Waals surface area contributed by atoms with E-state index < -0.39 is 0 Å². The van der Waals surface area contributed by atoms with Crippen LogP contribution in [0.3, 0.4) is 0 Å². The zero-order valence-corrected chi connectivity index (χ0v) is 8.35. The second kappa shape index (κ2) is 4.14. The number of hydrogen-bond acceptors (Lipinski definition) is 2. The van der Waals surface area contributed by atoms with Crippen LogP contribution in [0.25, 0.3) is 11.1 Å². The molecule has 0 unspecified atom stereocenters. The Morgan fingerprint density at radius 1 is 1.06 bits per heavy atom.